The average molecular weight is 500 g/mol. The predicted molar refractivity (Wildman–Crippen MR) is 130 cm³/mol. The second-order valence-corrected chi connectivity index (χ2v) is 9.94. The quantitative estimate of drug-likeness (QED) is 0.275. The van der Waals surface area contributed by atoms with Crippen LogP contribution in [0.15, 0.2) is 64.8 Å². The van der Waals surface area contributed by atoms with Crippen molar-refractivity contribution in [1.82, 2.24) is 19.1 Å². The lowest BCUT2D eigenvalue weighted by Crippen LogP contribution is -2.14. The normalized spacial score (nSPS) is 11.7. The van der Waals surface area contributed by atoms with Gasteiger partial charge in [-0.3, -0.25) is 4.57 Å². The van der Waals surface area contributed by atoms with Gasteiger partial charge >= 0.3 is 5.97 Å². The number of fused-ring (bicyclic) bond motifs is 1. The maximum Gasteiger partial charge on any atom is 0.357 e. The van der Waals surface area contributed by atoms with Crippen LogP contribution in [0, 0.1) is 0 Å². The molecule has 2 N–H and O–H groups in total. The molecular weight excluding hydrogens is 474 g/mol. The third-order valence-corrected chi connectivity index (χ3v) is 6.89. The number of nitrogens with two attached hydrogens (primary N) is 1. The van der Waals surface area contributed by atoms with Crippen LogP contribution in [0.1, 0.15) is 36.1 Å². The SMILES string of the molecule is CCCCn1c(COC(=O)c2cnc(SC)n2-c2ccccc2)nc2cc(S(N)(=O)=O)ccc21. The number of unbranched alkanes of at least 4 members (excludes halogenated alkanes) is 1. The zero-order valence-corrected chi connectivity index (χ0v) is 20.5. The first-order chi connectivity index (χ1) is 16.3. The number of carbonyl (C=O) groups is 1. The van der Waals surface area contributed by atoms with E-state index in [0.717, 1.165) is 24.0 Å². The zero-order valence-electron chi connectivity index (χ0n) is 18.8. The number of nitrogens with zero attached hydrogens (tertiary/aromatic N) is 4. The van der Waals surface area contributed by atoms with Gasteiger partial charge in [-0.2, -0.15) is 0 Å². The standard InChI is InChI=1S/C23H25N5O4S2/c1-3-4-12-27-19-11-10-17(34(24,30)31)13-18(19)26-21(27)15-32-22(29)20-14-25-23(33-2)28(20)16-8-6-5-7-9-16/h5-11,13-14H,3-4,12,15H2,1-2H3,(H2,24,30,31). The Kier molecular flexibility index (Phi) is 7.05. The van der Waals surface area contributed by atoms with Crippen molar-refractivity contribution in [2.24, 2.45) is 5.14 Å². The van der Waals surface area contributed by atoms with Crippen molar-refractivity contribution in [3.63, 3.8) is 0 Å². The number of imidazole rings is 2. The molecule has 0 aliphatic rings. The molecule has 0 saturated heterocycles. The van der Waals surface area contributed by atoms with Gasteiger partial charge < -0.3 is 9.30 Å². The fraction of sp³-hybridized carbons (Fsp3) is 0.261. The van der Waals surface area contributed by atoms with Gasteiger partial charge in [-0.05, 0) is 43.0 Å². The van der Waals surface area contributed by atoms with E-state index in [1.807, 2.05) is 41.2 Å². The molecule has 2 aromatic heterocycles. The Labute approximate surface area is 202 Å². The van der Waals surface area contributed by atoms with Gasteiger partial charge in [0.15, 0.2) is 10.9 Å². The Morgan fingerprint density at radius 3 is 2.62 bits per heavy atom. The largest absolute Gasteiger partial charge is 0.453 e. The number of aromatic nitrogens is 4. The average Bonchev–Trinajstić information content (AvgIpc) is 3.42. The van der Waals surface area contributed by atoms with Crippen molar-refractivity contribution in [2.45, 2.75) is 43.0 Å². The van der Waals surface area contributed by atoms with E-state index in [9.17, 15) is 13.2 Å². The summed E-state index contributed by atoms with van der Waals surface area (Å²) in [5.41, 5.74) is 2.35. The molecule has 2 heterocycles. The van der Waals surface area contributed by atoms with Crippen LogP contribution >= 0.6 is 11.8 Å². The van der Waals surface area contributed by atoms with Crippen molar-refractivity contribution in [3.05, 3.63) is 66.2 Å². The number of rotatable bonds is 9. The summed E-state index contributed by atoms with van der Waals surface area (Å²) in [5, 5.41) is 5.94. The topological polar surface area (TPSA) is 122 Å². The van der Waals surface area contributed by atoms with Gasteiger partial charge in [0.25, 0.3) is 0 Å². The first-order valence-corrected chi connectivity index (χ1v) is 13.5. The number of sulfonamides is 1. The minimum atomic E-state index is -3.85. The lowest BCUT2D eigenvalue weighted by Gasteiger charge is -2.12. The molecule has 34 heavy (non-hydrogen) atoms. The molecule has 2 aromatic carbocycles. The van der Waals surface area contributed by atoms with Crippen LogP contribution in [-0.2, 0) is 27.9 Å². The van der Waals surface area contributed by atoms with E-state index in [1.165, 1.54) is 30.1 Å². The molecule has 0 saturated carbocycles. The third-order valence-electron chi connectivity index (χ3n) is 5.33. The van der Waals surface area contributed by atoms with E-state index < -0.39 is 16.0 Å². The second kappa shape index (κ2) is 10.00. The molecule has 0 atom stereocenters. The minimum Gasteiger partial charge on any atom is -0.453 e. The van der Waals surface area contributed by atoms with Crippen molar-refractivity contribution in [1.29, 1.82) is 0 Å². The summed E-state index contributed by atoms with van der Waals surface area (Å²) in [6.07, 6.45) is 5.24. The summed E-state index contributed by atoms with van der Waals surface area (Å²) in [4.78, 5) is 21.9. The number of benzene rings is 2. The first-order valence-electron chi connectivity index (χ1n) is 10.7. The Morgan fingerprint density at radius 2 is 1.94 bits per heavy atom. The number of aryl methyl sites for hydroxylation is 1. The summed E-state index contributed by atoms with van der Waals surface area (Å²) in [6.45, 7) is 2.66. The smallest absolute Gasteiger partial charge is 0.357 e. The highest BCUT2D eigenvalue weighted by atomic mass is 32.2. The molecular formula is C23H25N5O4S2. The fourth-order valence-corrected chi connectivity index (χ4v) is 4.74. The van der Waals surface area contributed by atoms with E-state index >= 15 is 0 Å². The third kappa shape index (κ3) is 4.86. The van der Waals surface area contributed by atoms with E-state index in [1.54, 1.807) is 10.6 Å². The van der Waals surface area contributed by atoms with Crippen molar-refractivity contribution in [3.8, 4) is 5.69 Å². The number of thioether (sulfide) groups is 1. The molecule has 0 bridgehead atoms. The maximum absolute atomic E-state index is 13.0. The molecule has 178 valence electrons. The molecule has 0 spiro atoms. The monoisotopic (exact) mass is 499 g/mol. The van der Waals surface area contributed by atoms with Crippen molar-refractivity contribution in [2.75, 3.05) is 6.26 Å². The Balaban J connectivity index is 1.65. The molecule has 0 radical (unpaired) electrons. The summed E-state index contributed by atoms with van der Waals surface area (Å²) >= 11 is 1.43. The summed E-state index contributed by atoms with van der Waals surface area (Å²) < 4.78 is 32.9. The van der Waals surface area contributed by atoms with Crippen LogP contribution in [0.2, 0.25) is 0 Å². The summed E-state index contributed by atoms with van der Waals surface area (Å²) in [5.74, 6) is -0.00443. The lowest BCUT2D eigenvalue weighted by atomic mass is 10.3. The second-order valence-electron chi connectivity index (χ2n) is 7.61. The van der Waals surface area contributed by atoms with E-state index in [4.69, 9.17) is 9.88 Å². The molecule has 0 amide bonds. The number of para-hydroxylation sites is 1. The van der Waals surface area contributed by atoms with Crippen LogP contribution in [0.4, 0.5) is 0 Å². The van der Waals surface area contributed by atoms with E-state index in [-0.39, 0.29) is 11.5 Å². The molecule has 0 aliphatic carbocycles. The Morgan fingerprint density at radius 1 is 1.18 bits per heavy atom. The molecule has 0 unspecified atom stereocenters. The van der Waals surface area contributed by atoms with E-state index in [2.05, 4.69) is 16.9 Å². The number of esters is 1. The summed E-state index contributed by atoms with van der Waals surface area (Å²) in [7, 11) is -3.85. The molecule has 4 aromatic rings. The number of hydrogen-bond donors (Lipinski definition) is 1. The number of ether oxygens (including phenoxy) is 1. The van der Waals surface area contributed by atoms with Crippen LogP contribution < -0.4 is 5.14 Å². The highest BCUT2D eigenvalue weighted by Gasteiger charge is 2.21. The van der Waals surface area contributed by atoms with Gasteiger partial charge in [-0.25, -0.2) is 28.3 Å². The molecule has 9 nitrogen and oxygen atoms in total. The first kappa shape index (κ1) is 24.0. The van der Waals surface area contributed by atoms with Gasteiger partial charge in [-0.1, -0.05) is 43.3 Å². The molecule has 0 aliphatic heterocycles. The maximum atomic E-state index is 13.0. The van der Waals surface area contributed by atoms with Gasteiger partial charge in [-0.15, -0.1) is 0 Å². The van der Waals surface area contributed by atoms with Crippen LogP contribution in [0.3, 0.4) is 0 Å². The lowest BCUT2D eigenvalue weighted by molar-refractivity contribution is 0.0448. The van der Waals surface area contributed by atoms with Gasteiger partial charge in [0.2, 0.25) is 10.0 Å². The molecule has 0 fully saturated rings. The fourth-order valence-electron chi connectivity index (χ4n) is 3.67. The Hall–Kier alpha value is -3.15. The number of primary sulfonamides is 1. The van der Waals surface area contributed by atoms with Crippen LogP contribution in [0.5, 0.6) is 0 Å². The van der Waals surface area contributed by atoms with E-state index in [0.29, 0.717) is 28.7 Å². The summed E-state index contributed by atoms with van der Waals surface area (Å²) in [6, 6.07) is 14.0. The van der Waals surface area contributed by atoms with Gasteiger partial charge in [0.05, 0.1) is 22.1 Å². The number of hydrogen-bond acceptors (Lipinski definition) is 7. The minimum absolute atomic E-state index is 0.0138. The van der Waals surface area contributed by atoms with Crippen LogP contribution in [-0.4, -0.2) is 39.7 Å². The van der Waals surface area contributed by atoms with Gasteiger partial charge in [0.1, 0.15) is 12.4 Å². The predicted octanol–water partition coefficient (Wildman–Crippen LogP) is 3.75. The van der Waals surface area contributed by atoms with Crippen molar-refractivity contribution >= 4 is 38.8 Å². The highest BCUT2D eigenvalue weighted by molar-refractivity contribution is 7.98. The highest BCUT2D eigenvalue weighted by Crippen LogP contribution is 2.24. The molecule has 11 heteroatoms. The zero-order chi connectivity index (χ0) is 24.3. The van der Waals surface area contributed by atoms with Gasteiger partial charge in [0, 0.05) is 12.2 Å². The number of carbonyl (C=O) groups excluding carboxylic acids is 1. The van der Waals surface area contributed by atoms with Crippen molar-refractivity contribution < 1.29 is 17.9 Å². The van der Waals surface area contributed by atoms with Crippen LogP contribution in [0.25, 0.3) is 16.7 Å². The molecule has 4 rings (SSSR count). The Bertz CT molecular complexity index is 1430.